The SMILES string of the molecule is CC(Cl)C(=O)N(C)CCCN(C)C. The minimum Gasteiger partial charge on any atom is -0.344 e. The Bertz CT molecular complexity index is 160. The van der Waals surface area contributed by atoms with Gasteiger partial charge in [0.2, 0.25) is 5.91 Å². The van der Waals surface area contributed by atoms with Gasteiger partial charge in [-0.05, 0) is 34.0 Å². The van der Waals surface area contributed by atoms with E-state index in [0.717, 1.165) is 19.5 Å². The van der Waals surface area contributed by atoms with Gasteiger partial charge >= 0.3 is 0 Å². The number of halogens is 1. The van der Waals surface area contributed by atoms with Crippen molar-refractivity contribution in [1.82, 2.24) is 9.80 Å². The predicted molar refractivity (Wildman–Crippen MR) is 56.1 cm³/mol. The van der Waals surface area contributed by atoms with Crippen molar-refractivity contribution in [3.8, 4) is 0 Å². The molecule has 0 fully saturated rings. The highest BCUT2D eigenvalue weighted by Crippen LogP contribution is 2.00. The maximum Gasteiger partial charge on any atom is 0.240 e. The van der Waals surface area contributed by atoms with Crippen LogP contribution < -0.4 is 0 Å². The third kappa shape index (κ3) is 5.88. The first kappa shape index (κ1) is 12.7. The molecule has 1 amide bonds. The normalized spacial score (nSPS) is 13.1. The van der Waals surface area contributed by atoms with Crippen LogP contribution in [0, 0.1) is 0 Å². The summed E-state index contributed by atoms with van der Waals surface area (Å²) in [7, 11) is 5.83. The molecule has 0 saturated heterocycles. The van der Waals surface area contributed by atoms with Crippen molar-refractivity contribution in [3.05, 3.63) is 0 Å². The van der Waals surface area contributed by atoms with Gasteiger partial charge in [0.1, 0.15) is 5.38 Å². The van der Waals surface area contributed by atoms with Crippen molar-refractivity contribution in [2.45, 2.75) is 18.7 Å². The van der Waals surface area contributed by atoms with Gasteiger partial charge in [0.05, 0.1) is 0 Å². The van der Waals surface area contributed by atoms with Crippen molar-refractivity contribution in [2.75, 3.05) is 34.2 Å². The monoisotopic (exact) mass is 206 g/mol. The lowest BCUT2D eigenvalue weighted by atomic mass is 10.3. The molecule has 1 atom stereocenters. The van der Waals surface area contributed by atoms with Crippen LogP contribution in [0.3, 0.4) is 0 Å². The quantitative estimate of drug-likeness (QED) is 0.628. The molecular weight excluding hydrogens is 188 g/mol. The smallest absolute Gasteiger partial charge is 0.240 e. The van der Waals surface area contributed by atoms with Crippen molar-refractivity contribution >= 4 is 17.5 Å². The summed E-state index contributed by atoms with van der Waals surface area (Å²) >= 11 is 5.66. The van der Waals surface area contributed by atoms with Gasteiger partial charge in [-0.15, -0.1) is 11.6 Å². The van der Waals surface area contributed by atoms with E-state index in [1.807, 2.05) is 14.1 Å². The first-order valence-electron chi connectivity index (χ1n) is 4.49. The second-order valence-corrected chi connectivity index (χ2v) is 4.19. The van der Waals surface area contributed by atoms with Gasteiger partial charge < -0.3 is 9.80 Å². The molecule has 0 radical (unpaired) electrons. The predicted octanol–water partition coefficient (Wildman–Crippen LogP) is 1.02. The molecule has 0 rings (SSSR count). The van der Waals surface area contributed by atoms with Gasteiger partial charge in [-0.2, -0.15) is 0 Å². The lowest BCUT2D eigenvalue weighted by Crippen LogP contribution is -2.34. The van der Waals surface area contributed by atoms with Crippen molar-refractivity contribution in [2.24, 2.45) is 0 Å². The fraction of sp³-hybridized carbons (Fsp3) is 0.889. The molecule has 0 bridgehead atoms. The second-order valence-electron chi connectivity index (χ2n) is 3.53. The molecule has 0 aromatic heterocycles. The fourth-order valence-corrected chi connectivity index (χ4v) is 1.20. The maximum atomic E-state index is 11.3. The highest BCUT2D eigenvalue weighted by Gasteiger charge is 2.13. The molecule has 1 unspecified atom stereocenters. The summed E-state index contributed by atoms with van der Waals surface area (Å²) in [6.07, 6.45) is 0.985. The Morgan fingerprint density at radius 2 is 1.85 bits per heavy atom. The van der Waals surface area contributed by atoms with Gasteiger partial charge in [0, 0.05) is 13.6 Å². The van der Waals surface area contributed by atoms with Gasteiger partial charge in [0.25, 0.3) is 0 Å². The van der Waals surface area contributed by atoms with Crippen LogP contribution in [0.15, 0.2) is 0 Å². The summed E-state index contributed by atoms with van der Waals surface area (Å²) in [5.74, 6) is 0.000391. The van der Waals surface area contributed by atoms with Crippen molar-refractivity contribution < 1.29 is 4.79 Å². The van der Waals surface area contributed by atoms with E-state index in [2.05, 4.69) is 4.90 Å². The standard InChI is InChI=1S/C9H19ClN2O/c1-8(10)9(13)12(4)7-5-6-11(2)3/h8H,5-7H2,1-4H3. The van der Waals surface area contributed by atoms with E-state index in [0.29, 0.717) is 0 Å². The minimum atomic E-state index is -0.413. The van der Waals surface area contributed by atoms with Crippen LogP contribution in [0.5, 0.6) is 0 Å². The van der Waals surface area contributed by atoms with Gasteiger partial charge in [-0.3, -0.25) is 4.79 Å². The molecule has 0 N–H and O–H groups in total. The van der Waals surface area contributed by atoms with Crippen molar-refractivity contribution in [1.29, 1.82) is 0 Å². The van der Waals surface area contributed by atoms with E-state index in [1.165, 1.54) is 0 Å². The van der Waals surface area contributed by atoms with E-state index in [4.69, 9.17) is 11.6 Å². The van der Waals surface area contributed by atoms with E-state index in [1.54, 1.807) is 18.9 Å². The van der Waals surface area contributed by atoms with Crippen LogP contribution in [-0.2, 0) is 4.79 Å². The molecule has 3 nitrogen and oxygen atoms in total. The van der Waals surface area contributed by atoms with E-state index in [9.17, 15) is 4.79 Å². The highest BCUT2D eigenvalue weighted by molar-refractivity contribution is 6.30. The summed E-state index contributed by atoms with van der Waals surface area (Å²) in [6, 6.07) is 0. The van der Waals surface area contributed by atoms with E-state index >= 15 is 0 Å². The maximum absolute atomic E-state index is 11.3. The Morgan fingerprint density at radius 1 is 1.31 bits per heavy atom. The van der Waals surface area contributed by atoms with Crippen LogP contribution in [0.25, 0.3) is 0 Å². The zero-order chi connectivity index (χ0) is 10.4. The molecule has 0 aliphatic heterocycles. The number of alkyl halides is 1. The molecule has 0 aromatic carbocycles. The molecular formula is C9H19ClN2O. The number of nitrogens with zero attached hydrogens (tertiary/aromatic N) is 2. The number of carbonyl (C=O) groups is 1. The largest absolute Gasteiger partial charge is 0.344 e. The molecule has 0 heterocycles. The topological polar surface area (TPSA) is 23.6 Å². The molecule has 4 heteroatoms. The Kier molecular flexibility index (Phi) is 6.08. The summed E-state index contributed by atoms with van der Waals surface area (Å²) in [4.78, 5) is 15.1. The summed E-state index contributed by atoms with van der Waals surface area (Å²) in [6.45, 7) is 3.47. The third-order valence-electron chi connectivity index (χ3n) is 1.82. The Morgan fingerprint density at radius 3 is 2.23 bits per heavy atom. The highest BCUT2D eigenvalue weighted by atomic mass is 35.5. The lowest BCUT2D eigenvalue weighted by Gasteiger charge is -2.19. The van der Waals surface area contributed by atoms with Gasteiger partial charge in [-0.1, -0.05) is 0 Å². The van der Waals surface area contributed by atoms with Crippen molar-refractivity contribution in [3.63, 3.8) is 0 Å². The second kappa shape index (κ2) is 6.22. The summed E-state index contributed by atoms with van der Waals surface area (Å²) in [5, 5.41) is -0.413. The fourth-order valence-electron chi connectivity index (χ4n) is 1.04. The third-order valence-corrected chi connectivity index (χ3v) is 2.00. The Labute approximate surface area is 85.6 Å². The van der Waals surface area contributed by atoms with E-state index in [-0.39, 0.29) is 5.91 Å². The average molecular weight is 207 g/mol. The average Bonchev–Trinajstić information content (AvgIpc) is 2.02. The lowest BCUT2D eigenvalue weighted by molar-refractivity contribution is -0.129. The Balaban J connectivity index is 3.62. The summed E-state index contributed by atoms with van der Waals surface area (Å²) < 4.78 is 0. The molecule has 13 heavy (non-hydrogen) atoms. The van der Waals surface area contributed by atoms with E-state index < -0.39 is 5.38 Å². The van der Waals surface area contributed by atoms with Gasteiger partial charge in [-0.25, -0.2) is 0 Å². The number of hydrogen-bond donors (Lipinski definition) is 0. The molecule has 0 spiro atoms. The number of amides is 1. The molecule has 0 aromatic rings. The molecule has 0 saturated carbocycles. The summed E-state index contributed by atoms with van der Waals surface area (Å²) in [5.41, 5.74) is 0. The van der Waals surface area contributed by atoms with Crippen LogP contribution in [0.4, 0.5) is 0 Å². The zero-order valence-electron chi connectivity index (χ0n) is 8.88. The first-order chi connectivity index (χ1) is 5.95. The zero-order valence-corrected chi connectivity index (χ0v) is 9.64. The molecule has 0 aliphatic rings. The van der Waals surface area contributed by atoms with Crippen LogP contribution in [0.1, 0.15) is 13.3 Å². The van der Waals surface area contributed by atoms with Crippen LogP contribution in [0.2, 0.25) is 0 Å². The molecule has 78 valence electrons. The van der Waals surface area contributed by atoms with Crippen LogP contribution in [-0.4, -0.2) is 55.3 Å². The minimum absolute atomic E-state index is 0.000391. The van der Waals surface area contributed by atoms with Crippen LogP contribution >= 0.6 is 11.6 Å². The number of rotatable bonds is 5. The Hall–Kier alpha value is -0.280. The number of hydrogen-bond acceptors (Lipinski definition) is 2. The number of carbonyl (C=O) groups excluding carboxylic acids is 1. The molecule has 0 aliphatic carbocycles. The van der Waals surface area contributed by atoms with Gasteiger partial charge in [0.15, 0.2) is 0 Å². The first-order valence-corrected chi connectivity index (χ1v) is 4.92.